The van der Waals surface area contributed by atoms with Gasteiger partial charge in [-0.2, -0.15) is 4.57 Å². The first-order valence-corrected chi connectivity index (χ1v) is 20.6. The van der Waals surface area contributed by atoms with E-state index in [2.05, 4.69) is 33.9 Å². The monoisotopic (exact) mass is 694 g/mol. The molecule has 268 valence electrons. The predicted octanol–water partition coefficient (Wildman–Crippen LogP) is 9.11. The molecule has 3 rings (SSSR count). The van der Waals surface area contributed by atoms with Gasteiger partial charge in [-0.15, -0.1) is 0 Å². The number of amides is 1. The maximum Gasteiger partial charge on any atom is 0.407 e. The number of carbonyl (C=O) groups is 1. The van der Waals surface area contributed by atoms with Crippen LogP contribution >= 0.6 is 11.3 Å². The highest BCUT2D eigenvalue weighted by Crippen LogP contribution is 2.25. The number of rotatable bonds is 24. The average Bonchev–Trinajstić information content (AvgIpc) is 3.74. The number of aromatic nitrogens is 1. The van der Waals surface area contributed by atoms with Gasteiger partial charge in [0.25, 0.3) is 0 Å². The van der Waals surface area contributed by atoms with Gasteiger partial charge in [-0.1, -0.05) is 126 Å². The Labute approximate surface area is 289 Å². The van der Waals surface area contributed by atoms with Crippen LogP contribution in [0.3, 0.4) is 0 Å². The van der Waals surface area contributed by atoms with E-state index in [1.807, 2.05) is 6.92 Å². The van der Waals surface area contributed by atoms with Crippen molar-refractivity contribution in [3.8, 4) is 0 Å². The number of hydrogen-bond acceptors (Lipinski definition) is 7. The molecule has 0 aliphatic carbocycles. The highest BCUT2D eigenvalue weighted by atomic mass is 32.2. The highest BCUT2D eigenvalue weighted by Gasteiger charge is 2.26. The molecule has 0 unspecified atom stereocenters. The summed E-state index contributed by atoms with van der Waals surface area (Å²) in [6.07, 6.45) is 27.1. The third kappa shape index (κ3) is 21.6. The summed E-state index contributed by atoms with van der Waals surface area (Å²) in [5.41, 5.74) is 3.06. The number of alkyl carbamates (subject to hydrolysis) is 1. The van der Waals surface area contributed by atoms with E-state index >= 15 is 0 Å². The Morgan fingerprint density at radius 3 is 2.09 bits per heavy atom. The fraction of sp³-hybridized carbons (Fsp3) is 0.730. The second-order valence-electron chi connectivity index (χ2n) is 13.1. The Morgan fingerprint density at radius 2 is 1.51 bits per heavy atom. The number of hydrogen-bond donors (Lipinski definition) is 1. The van der Waals surface area contributed by atoms with Gasteiger partial charge in [0, 0.05) is 13.0 Å². The van der Waals surface area contributed by atoms with Gasteiger partial charge in [0.05, 0.1) is 23.0 Å². The number of nitrogens with one attached hydrogen (secondary N) is 1. The largest absolute Gasteiger partial charge is 0.744 e. The van der Waals surface area contributed by atoms with E-state index in [1.54, 1.807) is 23.5 Å². The lowest BCUT2D eigenvalue weighted by molar-refractivity contribution is -0.692. The summed E-state index contributed by atoms with van der Waals surface area (Å²) >= 11 is 1.72. The fourth-order valence-corrected chi connectivity index (χ4v) is 6.92. The molecule has 0 spiro atoms. The third-order valence-corrected chi connectivity index (χ3v) is 10.3. The molecular weight excluding hydrogens is 633 g/mol. The molecule has 47 heavy (non-hydrogen) atoms. The molecule has 0 bridgehead atoms. The van der Waals surface area contributed by atoms with E-state index < -0.39 is 10.1 Å². The molecule has 1 aliphatic rings. The van der Waals surface area contributed by atoms with Crippen molar-refractivity contribution in [1.82, 2.24) is 5.32 Å². The third-order valence-electron chi connectivity index (χ3n) is 8.73. The van der Waals surface area contributed by atoms with Gasteiger partial charge in [0.15, 0.2) is 6.20 Å². The number of nitrogens with zero attached hydrogens (tertiary/aromatic N) is 1. The van der Waals surface area contributed by atoms with Gasteiger partial charge in [0.1, 0.15) is 23.3 Å². The molecule has 2 atom stereocenters. The lowest BCUT2D eigenvalue weighted by atomic mass is 9.97. The predicted molar refractivity (Wildman–Crippen MR) is 190 cm³/mol. The first-order valence-electron chi connectivity index (χ1n) is 18.2. The van der Waals surface area contributed by atoms with Gasteiger partial charge in [0.2, 0.25) is 5.51 Å². The Bertz CT molecular complexity index is 1140. The van der Waals surface area contributed by atoms with Gasteiger partial charge in [-0.25, -0.2) is 13.2 Å². The summed E-state index contributed by atoms with van der Waals surface area (Å²) in [5, 5.41) is 4.96. The molecule has 2 aromatic rings. The molecule has 1 aliphatic heterocycles. The summed E-state index contributed by atoms with van der Waals surface area (Å²) in [5.74, 6) is 0.639. The summed E-state index contributed by atoms with van der Waals surface area (Å²) in [7, 11) is -4.27. The van der Waals surface area contributed by atoms with E-state index in [0.29, 0.717) is 19.1 Å². The quantitative estimate of drug-likeness (QED) is 0.0667. The Hall–Kier alpha value is -2.01. The number of aryl methyl sites for hydroxylation is 2. The zero-order chi connectivity index (χ0) is 34.0. The maximum atomic E-state index is 11.9. The summed E-state index contributed by atoms with van der Waals surface area (Å²) in [6.45, 7) is 7.05. The van der Waals surface area contributed by atoms with Crippen LogP contribution in [0.1, 0.15) is 134 Å². The van der Waals surface area contributed by atoms with Crippen molar-refractivity contribution in [3.05, 3.63) is 46.9 Å². The van der Waals surface area contributed by atoms with Gasteiger partial charge in [-0.3, -0.25) is 0 Å². The maximum absolute atomic E-state index is 11.9. The van der Waals surface area contributed by atoms with Gasteiger partial charge >= 0.3 is 6.09 Å². The van der Waals surface area contributed by atoms with Crippen molar-refractivity contribution in [2.75, 3.05) is 19.8 Å². The van der Waals surface area contributed by atoms with Crippen LogP contribution in [0.5, 0.6) is 0 Å². The van der Waals surface area contributed by atoms with E-state index in [9.17, 15) is 17.8 Å². The minimum absolute atomic E-state index is 0.0787. The lowest BCUT2D eigenvalue weighted by Gasteiger charge is -2.11. The Morgan fingerprint density at radius 1 is 0.915 bits per heavy atom. The van der Waals surface area contributed by atoms with E-state index in [0.717, 1.165) is 44.4 Å². The van der Waals surface area contributed by atoms with Crippen molar-refractivity contribution < 1.29 is 31.8 Å². The molecule has 1 saturated heterocycles. The van der Waals surface area contributed by atoms with Crippen LogP contribution in [0.15, 0.2) is 46.2 Å². The molecule has 10 heteroatoms. The number of carbonyl (C=O) groups excluding carboxylic acids is 1. The topological polar surface area (TPSA) is 109 Å². The second kappa shape index (κ2) is 25.9. The summed E-state index contributed by atoms with van der Waals surface area (Å²) in [6, 6.07) is 5.78. The standard InChI is InChI=1S/C30H54N2O3S.C7H8O3S/c1-2-3-4-5-6-7-8-9-10-11-12-13-14-16-19-28-24-29(34-25-28)26-35-30(33)31-20-17-15-18-21-32-22-23-36-27-32;1-6-2-4-7(5-3-6)11(8,9)10/h22-23,27-29H,2-21,24-26H2,1H3;2-5H,1H3,(H,8,9,10)/t28-,29+;/m1./s1. The fourth-order valence-electron chi connectivity index (χ4n) is 5.83. The van der Waals surface area contributed by atoms with Crippen molar-refractivity contribution in [1.29, 1.82) is 0 Å². The molecule has 0 saturated carbocycles. The second-order valence-corrected chi connectivity index (χ2v) is 15.2. The van der Waals surface area contributed by atoms with E-state index in [4.69, 9.17) is 9.47 Å². The molecule has 0 radical (unpaired) electrons. The normalized spacial score (nSPS) is 16.1. The van der Waals surface area contributed by atoms with Crippen molar-refractivity contribution in [2.24, 2.45) is 5.92 Å². The number of benzene rings is 1. The van der Waals surface area contributed by atoms with Crippen LogP contribution in [0, 0.1) is 12.8 Å². The van der Waals surface area contributed by atoms with Crippen molar-refractivity contribution in [2.45, 2.75) is 153 Å². The molecule has 1 aromatic carbocycles. The van der Waals surface area contributed by atoms with Crippen LogP contribution in [-0.2, 0) is 26.1 Å². The van der Waals surface area contributed by atoms with Crippen LogP contribution in [0.25, 0.3) is 0 Å². The first-order chi connectivity index (χ1) is 22.8. The van der Waals surface area contributed by atoms with Crippen molar-refractivity contribution in [3.63, 3.8) is 0 Å². The molecule has 1 N–H and O–H groups in total. The SMILES string of the molecule is CCCCCCCCCCCCCCCC[C@H]1CO[C@H](COC(=O)NCCCCC[n+]2ccsc2)C1.Cc1ccc(S(=O)(=O)[O-])cc1. The lowest BCUT2D eigenvalue weighted by Crippen LogP contribution is -2.30. The molecule has 8 nitrogen and oxygen atoms in total. The smallest absolute Gasteiger partial charge is 0.407 e. The Balaban J connectivity index is 0.000000587. The van der Waals surface area contributed by atoms with Gasteiger partial charge in [-0.05, 0) is 50.7 Å². The molecule has 2 heterocycles. The summed E-state index contributed by atoms with van der Waals surface area (Å²) in [4.78, 5) is 11.8. The van der Waals surface area contributed by atoms with Gasteiger partial charge < -0.3 is 19.3 Å². The summed E-state index contributed by atoms with van der Waals surface area (Å²) < 4.78 is 44.6. The number of unbranched alkanes of at least 4 members (excludes halogenated alkanes) is 15. The van der Waals surface area contributed by atoms with Crippen LogP contribution in [0.4, 0.5) is 4.79 Å². The first kappa shape index (κ1) is 41.2. The molecule has 1 aromatic heterocycles. The number of thiazole rings is 1. The van der Waals surface area contributed by atoms with E-state index in [1.165, 1.54) is 108 Å². The van der Waals surface area contributed by atoms with E-state index in [-0.39, 0.29) is 17.1 Å². The number of ether oxygens (including phenoxy) is 2. The minimum Gasteiger partial charge on any atom is -0.744 e. The Kier molecular flexibility index (Phi) is 22.7. The minimum atomic E-state index is -4.27. The van der Waals surface area contributed by atoms with Crippen LogP contribution in [0.2, 0.25) is 0 Å². The molecular formula is C37H62N2O6S2. The average molecular weight is 695 g/mol. The zero-order valence-corrected chi connectivity index (χ0v) is 30.8. The highest BCUT2D eigenvalue weighted by molar-refractivity contribution is 7.85. The van der Waals surface area contributed by atoms with Crippen LogP contribution < -0.4 is 9.88 Å². The zero-order valence-electron chi connectivity index (χ0n) is 29.2. The molecule has 1 fully saturated rings. The van der Waals surface area contributed by atoms with Crippen LogP contribution in [-0.4, -0.2) is 44.9 Å². The molecule has 1 amide bonds. The van der Waals surface area contributed by atoms with Crippen molar-refractivity contribution >= 4 is 27.5 Å².